The lowest BCUT2D eigenvalue weighted by atomic mass is 10.7. The monoisotopic (exact) mass is 186 g/mol. The highest BCUT2D eigenvalue weighted by Gasteiger charge is 2.13. The lowest BCUT2D eigenvalue weighted by Gasteiger charge is -2.01. The lowest BCUT2D eigenvalue weighted by molar-refractivity contribution is 0.204. The van der Waals surface area contributed by atoms with Crippen LogP contribution in [-0.4, -0.2) is 32.2 Å². The van der Waals surface area contributed by atoms with Crippen LogP contribution in [0.1, 0.15) is 0 Å². The van der Waals surface area contributed by atoms with Crippen molar-refractivity contribution in [2.24, 2.45) is 11.5 Å². The zero-order valence-corrected chi connectivity index (χ0v) is 7.58. The summed E-state index contributed by atoms with van der Waals surface area (Å²) >= 11 is 0. The molecule has 0 aromatic rings. The molecule has 0 saturated carbocycles. The second kappa shape index (κ2) is 8.13. The Morgan fingerprint density at radius 2 is 1.55 bits per heavy atom. The van der Waals surface area contributed by atoms with Gasteiger partial charge >= 0.3 is 7.82 Å². The van der Waals surface area contributed by atoms with Gasteiger partial charge in [-0.1, -0.05) is 0 Å². The van der Waals surface area contributed by atoms with E-state index in [9.17, 15) is 4.57 Å². The van der Waals surface area contributed by atoms with Crippen LogP contribution in [0, 0.1) is 0 Å². The van der Waals surface area contributed by atoms with E-state index >= 15 is 0 Å². The first-order valence-corrected chi connectivity index (χ1v) is 4.38. The highest BCUT2D eigenvalue weighted by Crippen LogP contribution is 2.40. The Balaban J connectivity index is 0. The molecule has 0 aliphatic rings. The summed E-state index contributed by atoms with van der Waals surface area (Å²) in [5.41, 5.74) is 9.81. The molecule has 0 aliphatic heterocycles. The van der Waals surface area contributed by atoms with Crippen molar-refractivity contribution >= 4 is 7.82 Å². The van der Waals surface area contributed by atoms with Crippen LogP contribution in [0.4, 0.5) is 0 Å². The minimum Gasteiger partial charge on any atom is -0.329 e. The summed E-state index contributed by atoms with van der Waals surface area (Å²) in [5, 5.41) is 0. The molecule has 0 saturated heterocycles. The largest absolute Gasteiger partial charge is 0.471 e. The molecule has 0 radical (unpaired) electrons. The highest BCUT2D eigenvalue weighted by atomic mass is 31.2. The first-order valence-electron chi connectivity index (χ1n) is 2.88. The van der Waals surface area contributed by atoms with Gasteiger partial charge in [0.05, 0.1) is 0 Å². The van der Waals surface area contributed by atoms with Gasteiger partial charge in [0, 0.05) is 27.3 Å². The summed E-state index contributed by atoms with van der Waals surface area (Å²) in [5.74, 6) is 0. The van der Waals surface area contributed by atoms with Gasteiger partial charge in [-0.25, -0.2) is 4.57 Å². The van der Waals surface area contributed by atoms with Crippen molar-refractivity contribution < 1.29 is 18.5 Å². The molecule has 11 heavy (non-hydrogen) atoms. The number of hydrogen-bond donors (Lipinski definition) is 3. The molecule has 0 bridgehead atoms. The highest BCUT2D eigenvalue weighted by molar-refractivity contribution is 7.47. The fourth-order valence-corrected chi connectivity index (χ4v) is 0.224. The molecule has 0 unspecified atom stereocenters. The number of phosphoric acid groups is 1. The van der Waals surface area contributed by atoms with Crippen molar-refractivity contribution in [1.82, 2.24) is 0 Å². The maximum Gasteiger partial charge on any atom is 0.471 e. The fraction of sp³-hybridized carbons (Fsp3) is 1.00. The van der Waals surface area contributed by atoms with Gasteiger partial charge in [0.25, 0.3) is 0 Å². The molecule has 0 aromatic carbocycles. The molecule has 0 spiro atoms. The van der Waals surface area contributed by atoms with Crippen molar-refractivity contribution in [2.75, 3.05) is 27.3 Å². The van der Waals surface area contributed by atoms with Crippen LogP contribution in [-0.2, 0) is 13.6 Å². The summed E-state index contributed by atoms with van der Waals surface area (Å²) in [6.07, 6.45) is 0. The van der Waals surface area contributed by atoms with E-state index in [0.717, 1.165) is 14.2 Å². The third kappa shape index (κ3) is 13.1. The molecule has 0 atom stereocenters. The average molecular weight is 186 g/mol. The summed E-state index contributed by atoms with van der Waals surface area (Å²) in [4.78, 5) is 8.24. The maximum absolute atomic E-state index is 10.1. The smallest absolute Gasteiger partial charge is 0.329 e. The van der Waals surface area contributed by atoms with Crippen molar-refractivity contribution in [3.63, 3.8) is 0 Å². The molecule has 0 fully saturated rings. The standard InChI is InChI=1S/C2H8N2.C2H7O4P/c3-1-2-4;1-5-7(3,4)6-2/h1-4H2;1-2H3,(H,3,4). The molecule has 6 nitrogen and oxygen atoms in total. The van der Waals surface area contributed by atoms with E-state index in [0.29, 0.717) is 13.1 Å². The van der Waals surface area contributed by atoms with Crippen LogP contribution in [0.3, 0.4) is 0 Å². The van der Waals surface area contributed by atoms with Crippen LogP contribution in [0.25, 0.3) is 0 Å². The summed E-state index contributed by atoms with van der Waals surface area (Å²) in [6, 6.07) is 0. The van der Waals surface area contributed by atoms with Gasteiger partial charge in [0.2, 0.25) is 0 Å². The number of hydrogen-bond acceptors (Lipinski definition) is 5. The topological polar surface area (TPSA) is 108 Å². The Labute approximate surface area is 66.1 Å². The van der Waals surface area contributed by atoms with Crippen molar-refractivity contribution in [1.29, 1.82) is 0 Å². The van der Waals surface area contributed by atoms with Crippen LogP contribution in [0.2, 0.25) is 0 Å². The summed E-state index contributed by atoms with van der Waals surface area (Å²) in [7, 11) is -1.45. The van der Waals surface area contributed by atoms with Crippen LogP contribution in [0.15, 0.2) is 0 Å². The fourth-order valence-electron chi connectivity index (χ4n) is 0.0745. The molecule has 70 valence electrons. The van der Waals surface area contributed by atoms with Crippen LogP contribution in [0.5, 0.6) is 0 Å². The quantitative estimate of drug-likeness (QED) is 0.502. The van der Waals surface area contributed by atoms with Gasteiger partial charge in [-0.15, -0.1) is 0 Å². The zero-order chi connectivity index (χ0) is 9.33. The first kappa shape index (κ1) is 13.6. The Bertz CT molecular complexity index is 111. The third-order valence-electron chi connectivity index (χ3n) is 0.628. The average Bonchev–Trinajstić information content (AvgIpc) is 2.05. The molecular formula is C4H15N2O4P. The normalized spacial score (nSPS) is 10.3. The van der Waals surface area contributed by atoms with E-state index in [-0.39, 0.29) is 0 Å². The zero-order valence-electron chi connectivity index (χ0n) is 6.69. The maximum atomic E-state index is 10.1. The van der Waals surface area contributed by atoms with Crippen LogP contribution >= 0.6 is 7.82 Å². The van der Waals surface area contributed by atoms with Gasteiger partial charge in [-0.3, -0.25) is 9.05 Å². The van der Waals surface area contributed by atoms with Gasteiger partial charge < -0.3 is 16.4 Å². The Kier molecular flexibility index (Phi) is 10.1. The van der Waals surface area contributed by atoms with Crippen molar-refractivity contribution in [2.45, 2.75) is 0 Å². The lowest BCUT2D eigenvalue weighted by Crippen LogP contribution is -2.11. The molecule has 0 amide bonds. The van der Waals surface area contributed by atoms with Crippen LogP contribution < -0.4 is 11.5 Å². The number of rotatable bonds is 3. The molecular weight excluding hydrogens is 171 g/mol. The number of nitrogens with two attached hydrogens (primary N) is 2. The van der Waals surface area contributed by atoms with Gasteiger partial charge in [-0.2, -0.15) is 0 Å². The minimum absolute atomic E-state index is 0.597. The molecule has 0 rings (SSSR count). The van der Waals surface area contributed by atoms with Crippen molar-refractivity contribution in [3.8, 4) is 0 Å². The first-order chi connectivity index (χ1) is 5.04. The van der Waals surface area contributed by atoms with Gasteiger partial charge in [0.1, 0.15) is 0 Å². The third-order valence-corrected chi connectivity index (χ3v) is 1.55. The van der Waals surface area contributed by atoms with E-state index in [1.807, 2.05) is 0 Å². The summed E-state index contributed by atoms with van der Waals surface area (Å²) in [6.45, 7) is 1.19. The van der Waals surface area contributed by atoms with Gasteiger partial charge in [0.15, 0.2) is 0 Å². The Hall–Kier alpha value is 0.0300. The van der Waals surface area contributed by atoms with Crippen molar-refractivity contribution in [3.05, 3.63) is 0 Å². The van der Waals surface area contributed by atoms with E-state index in [2.05, 4.69) is 9.05 Å². The summed E-state index contributed by atoms with van der Waals surface area (Å²) < 4.78 is 18.0. The molecule has 0 aliphatic carbocycles. The Morgan fingerprint density at radius 3 is 1.55 bits per heavy atom. The second-order valence-electron chi connectivity index (χ2n) is 1.41. The second-order valence-corrected chi connectivity index (χ2v) is 3.08. The molecule has 7 heteroatoms. The Morgan fingerprint density at radius 1 is 1.27 bits per heavy atom. The number of phosphoric ester groups is 1. The van der Waals surface area contributed by atoms with Gasteiger partial charge in [-0.05, 0) is 0 Å². The predicted octanol–water partition coefficient (Wildman–Crippen LogP) is -0.717. The SMILES string of the molecule is COP(=O)(O)OC.NCCN. The molecule has 0 aromatic heterocycles. The predicted molar refractivity (Wildman–Crippen MR) is 42.0 cm³/mol. The van der Waals surface area contributed by atoms with E-state index < -0.39 is 7.82 Å². The van der Waals surface area contributed by atoms with E-state index in [4.69, 9.17) is 16.4 Å². The minimum atomic E-state index is -3.65. The van der Waals surface area contributed by atoms with E-state index in [1.54, 1.807) is 0 Å². The van der Waals surface area contributed by atoms with E-state index in [1.165, 1.54) is 0 Å². The molecule has 0 heterocycles. The molecule has 5 N–H and O–H groups in total.